The zero-order valence-corrected chi connectivity index (χ0v) is 5.59. The fourth-order valence-corrected chi connectivity index (χ4v) is 0.854. The summed E-state index contributed by atoms with van der Waals surface area (Å²) in [4.78, 5) is 2.20. The van der Waals surface area contributed by atoms with E-state index in [0.29, 0.717) is 0 Å². The SMILES string of the molecule is C/C(=C/C#N)N1CCC1. The predicted octanol–water partition coefficient (Wildman–Crippen LogP) is 1.12. The Morgan fingerprint density at radius 2 is 2.33 bits per heavy atom. The number of rotatable bonds is 1. The molecule has 1 saturated heterocycles. The standard InChI is InChI=1S/C7H10N2/c1-7(3-4-8)9-5-2-6-9/h3H,2,5-6H2,1H3/b7-3-. The maximum Gasteiger partial charge on any atom is 0.0930 e. The minimum atomic E-state index is 1.10. The second kappa shape index (κ2) is 2.54. The van der Waals surface area contributed by atoms with Crippen LogP contribution in [0.3, 0.4) is 0 Å². The van der Waals surface area contributed by atoms with Crippen molar-refractivity contribution in [3.63, 3.8) is 0 Å². The molecule has 9 heavy (non-hydrogen) atoms. The van der Waals surface area contributed by atoms with Gasteiger partial charge in [-0.2, -0.15) is 5.26 Å². The van der Waals surface area contributed by atoms with Crippen LogP contribution in [0.2, 0.25) is 0 Å². The molecule has 0 aromatic heterocycles. The summed E-state index contributed by atoms with van der Waals surface area (Å²) in [6.45, 7) is 4.23. The van der Waals surface area contributed by atoms with Gasteiger partial charge in [-0.3, -0.25) is 0 Å². The van der Waals surface area contributed by atoms with E-state index in [4.69, 9.17) is 5.26 Å². The first kappa shape index (κ1) is 6.15. The number of hydrogen-bond acceptors (Lipinski definition) is 2. The number of likely N-dealkylation sites (tertiary alicyclic amines) is 1. The highest BCUT2D eigenvalue weighted by Gasteiger charge is 2.12. The van der Waals surface area contributed by atoms with Gasteiger partial charge in [0.05, 0.1) is 6.07 Å². The van der Waals surface area contributed by atoms with E-state index in [0.717, 1.165) is 18.8 Å². The van der Waals surface area contributed by atoms with Gasteiger partial charge >= 0.3 is 0 Å². The van der Waals surface area contributed by atoms with Crippen molar-refractivity contribution in [2.45, 2.75) is 13.3 Å². The highest BCUT2D eigenvalue weighted by molar-refractivity contribution is 5.11. The lowest BCUT2D eigenvalue weighted by Crippen LogP contribution is -2.35. The van der Waals surface area contributed by atoms with Gasteiger partial charge in [0, 0.05) is 24.9 Å². The van der Waals surface area contributed by atoms with Gasteiger partial charge in [-0.05, 0) is 13.3 Å². The van der Waals surface area contributed by atoms with Gasteiger partial charge in [-0.1, -0.05) is 0 Å². The number of hydrogen-bond donors (Lipinski definition) is 0. The number of nitriles is 1. The maximum atomic E-state index is 8.25. The molecule has 1 aliphatic heterocycles. The van der Waals surface area contributed by atoms with Crippen molar-refractivity contribution in [3.05, 3.63) is 11.8 Å². The number of allylic oxidation sites excluding steroid dienone is 2. The Morgan fingerprint density at radius 1 is 1.67 bits per heavy atom. The van der Waals surface area contributed by atoms with Crippen molar-refractivity contribution in [2.75, 3.05) is 13.1 Å². The Balaban J connectivity index is 2.42. The third-order valence-electron chi connectivity index (χ3n) is 1.63. The second-order valence-corrected chi connectivity index (χ2v) is 2.26. The molecule has 0 radical (unpaired) electrons. The van der Waals surface area contributed by atoms with E-state index in [1.807, 2.05) is 13.0 Å². The highest BCUT2D eigenvalue weighted by atomic mass is 15.2. The van der Waals surface area contributed by atoms with Crippen molar-refractivity contribution in [3.8, 4) is 6.07 Å². The van der Waals surface area contributed by atoms with Crippen LogP contribution in [0.15, 0.2) is 11.8 Å². The molecule has 0 atom stereocenters. The molecule has 0 unspecified atom stereocenters. The molecular weight excluding hydrogens is 112 g/mol. The molecule has 0 bridgehead atoms. The molecule has 0 aromatic rings. The Hall–Kier alpha value is -0.970. The van der Waals surface area contributed by atoms with Crippen LogP contribution in [-0.2, 0) is 0 Å². The van der Waals surface area contributed by atoms with Crippen LogP contribution in [0.4, 0.5) is 0 Å². The molecule has 1 heterocycles. The lowest BCUT2D eigenvalue weighted by atomic mass is 10.2. The molecule has 2 nitrogen and oxygen atoms in total. The normalized spacial score (nSPS) is 18.7. The summed E-state index contributed by atoms with van der Waals surface area (Å²) in [5, 5.41) is 8.25. The molecular formula is C7H10N2. The van der Waals surface area contributed by atoms with Crippen molar-refractivity contribution >= 4 is 0 Å². The zero-order valence-electron chi connectivity index (χ0n) is 5.59. The summed E-state index contributed by atoms with van der Waals surface area (Å²) in [5.74, 6) is 0. The largest absolute Gasteiger partial charge is 0.374 e. The van der Waals surface area contributed by atoms with Gasteiger partial charge in [0.2, 0.25) is 0 Å². The first-order valence-corrected chi connectivity index (χ1v) is 3.16. The average Bonchev–Trinajstić information content (AvgIpc) is 1.60. The summed E-state index contributed by atoms with van der Waals surface area (Å²) in [6.07, 6.45) is 2.87. The molecule has 0 amide bonds. The van der Waals surface area contributed by atoms with Crippen LogP contribution in [0, 0.1) is 11.3 Å². The highest BCUT2D eigenvalue weighted by Crippen LogP contribution is 2.12. The third kappa shape index (κ3) is 1.23. The van der Waals surface area contributed by atoms with E-state index in [1.165, 1.54) is 6.42 Å². The maximum absolute atomic E-state index is 8.25. The fraction of sp³-hybridized carbons (Fsp3) is 0.571. The van der Waals surface area contributed by atoms with Crippen LogP contribution < -0.4 is 0 Å². The molecule has 1 aliphatic rings. The monoisotopic (exact) mass is 122 g/mol. The zero-order chi connectivity index (χ0) is 6.69. The summed E-state index contributed by atoms with van der Waals surface area (Å²) in [6, 6.07) is 2.01. The Labute approximate surface area is 55.4 Å². The van der Waals surface area contributed by atoms with Crippen LogP contribution in [0.1, 0.15) is 13.3 Å². The summed E-state index contributed by atoms with van der Waals surface area (Å²) >= 11 is 0. The summed E-state index contributed by atoms with van der Waals surface area (Å²) in [7, 11) is 0. The Bertz CT molecular complexity index is 160. The molecule has 0 aliphatic carbocycles. The van der Waals surface area contributed by atoms with Gasteiger partial charge in [-0.15, -0.1) is 0 Å². The average molecular weight is 122 g/mol. The smallest absolute Gasteiger partial charge is 0.0930 e. The van der Waals surface area contributed by atoms with Crippen LogP contribution in [0.5, 0.6) is 0 Å². The quantitative estimate of drug-likeness (QED) is 0.487. The van der Waals surface area contributed by atoms with Gasteiger partial charge in [0.25, 0.3) is 0 Å². The van der Waals surface area contributed by atoms with E-state index >= 15 is 0 Å². The Morgan fingerprint density at radius 3 is 2.67 bits per heavy atom. The van der Waals surface area contributed by atoms with Crippen LogP contribution >= 0.6 is 0 Å². The van der Waals surface area contributed by atoms with E-state index < -0.39 is 0 Å². The minimum Gasteiger partial charge on any atom is -0.374 e. The molecule has 2 heteroatoms. The van der Waals surface area contributed by atoms with Crippen molar-refractivity contribution in [1.82, 2.24) is 4.90 Å². The van der Waals surface area contributed by atoms with E-state index in [9.17, 15) is 0 Å². The minimum absolute atomic E-state index is 1.10. The summed E-state index contributed by atoms with van der Waals surface area (Å²) in [5.41, 5.74) is 1.10. The first-order valence-electron chi connectivity index (χ1n) is 3.16. The molecule has 1 fully saturated rings. The van der Waals surface area contributed by atoms with Gasteiger partial charge in [0.15, 0.2) is 0 Å². The van der Waals surface area contributed by atoms with Crippen molar-refractivity contribution < 1.29 is 0 Å². The van der Waals surface area contributed by atoms with E-state index in [2.05, 4.69) is 4.90 Å². The van der Waals surface area contributed by atoms with Gasteiger partial charge in [-0.25, -0.2) is 0 Å². The second-order valence-electron chi connectivity index (χ2n) is 2.26. The molecule has 0 spiro atoms. The first-order chi connectivity index (χ1) is 4.34. The van der Waals surface area contributed by atoms with Gasteiger partial charge < -0.3 is 4.90 Å². The predicted molar refractivity (Wildman–Crippen MR) is 35.6 cm³/mol. The van der Waals surface area contributed by atoms with E-state index in [1.54, 1.807) is 6.08 Å². The van der Waals surface area contributed by atoms with E-state index in [-0.39, 0.29) is 0 Å². The fourth-order valence-electron chi connectivity index (χ4n) is 0.854. The lowest BCUT2D eigenvalue weighted by molar-refractivity contribution is 0.239. The lowest BCUT2D eigenvalue weighted by Gasteiger charge is -2.33. The topological polar surface area (TPSA) is 27.0 Å². The molecule has 0 saturated carbocycles. The van der Waals surface area contributed by atoms with Crippen molar-refractivity contribution in [2.24, 2.45) is 0 Å². The molecule has 1 rings (SSSR count). The molecule has 0 aromatic carbocycles. The summed E-state index contributed by atoms with van der Waals surface area (Å²) < 4.78 is 0. The van der Waals surface area contributed by atoms with Crippen molar-refractivity contribution in [1.29, 1.82) is 5.26 Å². The van der Waals surface area contributed by atoms with Gasteiger partial charge in [0.1, 0.15) is 0 Å². The Kier molecular flexibility index (Phi) is 1.74. The third-order valence-corrected chi connectivity index (χ3v) is 1.63. The number of nitrogens with zero attached hydrogens (tertiary/aromatic N) is 2. The molecule has 48 valence electrons. The molecule has 0 N–H and O–H groups in total. The van der Waals surface area contributed by atoms with Crippen LogP contribution in [0.25, 0.3) is 0 Å². The van der Waals surface area contributed by atoms with Crippen LogP contribution in [-0.4, -0.2) is 18.0 Å².